The molecule has 0 spiro atoms. The van der Waals surface area contributed by atoms with E-state index in [1.54, 1.807) is 0 Å². The number of rotatable bonds is 9. The first-order valence-corrected chi connectivity index (χ1v) is 9.21. The van der Waals surface area contributed by atoms with Crippen LogP contribution in [0.5, 0.6) is 0 Å². The molecule has 2 rings (SSSR count). The van der Waals surface area contributed by atoms with E-state index in [1.807, 2.05) is 0 Å². The Kier molecular flexibility index (Phi) is 6.95. The first-order chi connectivity index (χ1) is 10.2. The van der Waals surface area contributed by atoms with Gasteiger partial charge < -0.3 is 0 Å². The molecule has 1 aliphatic heterocycles. The number of carbonyl (C=O) groups excluding carboxylic acids is 1. The summed E-state index contributed by atoms with van der Waals surface area (Å²) in [4.78, 5) is 14.8. The summed E-state index contributed by atoms with van der Waals surface area (Å²) < 4.78 is 0. The van der Waals surface area contributed by atoms with E-state index in [1.165, 1.54) is 82.0 Å². The predicted octanol–water partition coefficient (Wildman–Crippen LogP) is 4.88. The van der Waals surface area contributed by atoms with E-state index in [2.05, 4.69) is 18.7 Å². The van der Waals surface area contributed by atoms with Crippen LogP contribution in [0.2, 0.25) is 0 Å². The number of ketones is 1. The second-order valence-corrected chi connectivity index (χ2v) is 6.92. The second kappa shape index (κ2) is 8.73. The highest BCUT2D eigenvalue weighted by Crippen LogP contribution is 2.32. The van der Waals surface area contributed by atoms with Crippen molar-refractivity contribution in [3.8, 4) is 0 Å². The van der Waals surface area contributed by atoms with Crippen molar-refractivity contribution in [1.29, 1.82) is 0 Å². The molecule has 0 N–H and O–H groups in total. The number of hydrogen-bond donors (Lipinski definition) is 0. The third kappa shape index (κ3) is 4.67. The van der Waals surface area contributed by atoms with Crippen molar-refractivity contribution in [2.24, 2.45) is 0 Å². The van der Waals surface area contributed by atoms with E-state index in [4.69, 9.17) is 0 Å². The van der Waals surface area contributed by atoms with Gasteiger partial charge in [0, 0.05) is 12.5 Å². The number of allylic oxidation sites excluding steroid dienone is 1. The Bertz CT molecular complexity index is 366. The maximum atomic E-state index is 12.3. The average Bonchev–Trinajstić information content (AvgIpc) is 3.08. The van der Waals surface area contributed by atoms with Crippen LogP contribution in [-0.4, -0.2) is 29.8 Å². The highest BCUT2D eigenvalue weighted by molar-refractivity contribution is 5.99. The van der Waals surface area contributed by atoms with E-state index in [0.29, 0.717) is 11.8 Å². The number of likely N-dealkylation sites (tertiary alicyclic amines) is 1. The van der Waals surface area contributed by atoms with Crippen LogP contribution in [0, 0.1) is 0 Å². The molecule has 0 saturated carbocycles. The van der Waals surface area contributed by atoms with Crippen LogP contribution in [0.25, 0.3) is 0 Å². The molecule has 0 bridgehead atoms. The van der Waals surface area contributed by atoms with Gasteiger partial charge in [-0.2, -0.15) is 0 Å². The molecule has 1 unspecified atom stereocenters. The number of unbranched alkanes of at least 4 members (excludes halogenated alkanes) is 6. The molecule has 1 atom stereocenters. The number of nitrogens with zero attached hydrogens (tertiary/aromatic N) is 1. The summed E-state index contributed by atoms with van der Waals surface area (Å²) in [6.45, 7) is 6.86. The Morgan fingerprint density at radius 2 is 1.62 bits per heavy atom. The van der Waals surface area contributed by atoms with Gasteiger partial charge in [0.05, 0.1) is 0 Å². The van der Waals surface area contributed by atoms with E-state index in [0.717, 1.165) is 12.8 Å². The summed E-state index contributed by atoms with van der Waals surface area (Å²) in [5.74, 6) is 0.440. The topological polar surface area (TPSA) is 20.3 Å². The maximum Gasteiger partial charge on any atom is 0.160 e. The Labute approximate surface area is 131 Å². The van der Waals surface area contributed by atoms with E-state index in [9.17, 15) is 4.79 Å². The third-order valence-corrected chi connectivity index (χ3v) is 5.30. The summed E-state index contributed by atoms with van der Waals surface area (Å²) >= 11 is 0. The van der Waals surface area contributed by atoms with Gasteiger partial charge in [0.15, 0.2) is 5.78 Å². The summed E-state index contributed by atoms with van der Waals surface area (Å²) in [5, 5.41) is 0. The summed E-state index contributed by atoms with van der Waals surface area (Å²) in [5.41, 5.74) is 2.58. The van der Waals surface area contributed by atoms with Gasteiger partial charge in [0.1, 0.15) is 0 Å². The Morgan fingerprint density at radius 1 is 1.00 bits per heavy atom. The average molecular weight is 291 g/mol. The van der Waals surface area contributed by atoms with Crippen molar-refractivity contribution in [1.82, 2.24) is 4.90 Å². The first-order valence-electron chi connectivity index (χ1n) is 9.21. The minimum atomic E-state index is 0.440. The van der Waals surface area contributed by atoms with Gasteiger partial charge >= 0.3 is 0 Å². The van der Waals surface area contributed by atoms with E-state index >= 15 is 0 Å². The molecule has 2 heteroatoms. The van der Waals surface area contributed by atoms with Crippen LogP contribution < -0.4 is 0 Å². The molecule has 2 aliphatic rings. The quantitative estimate of drug-likeness (QED) is 0.564. The van der Waals surface area contributed by atoms with Crippen LogP contribution in [0.3, 0.4) is 0 Å². The Hall–Kier alpha value is -0.630. The lowest BCUT2D eigenvalue weighted by Crippen LogP contribution is -2.32. The Balaban J connectivity index is 1.72. The fraction of sp³-hybridized carbons (Fsp3) is 0.842. The van der Waals surface area contributed by atoms with Gasteiger partial charge in [-0.15, -0.1) is 0 Å². The molecule has 1 saturated heterocycles. The molecular weight excluding hydrogens is 258 g/mol. The standard InChI is InChI=1S/C19H33NO/c1-3-4-5-6-7-8-9-12-17-16(2)18(15-19(17)21)20-13-10-11-14-20/h18H,3-15H2,1-2H3. The van der Waals surface area contributed by atoms with Crippen molar-refractivity contribution in [3.05, 3.63) is 11.1 Å². The molecule has 0 aromatic carbocycles. The van der Waals surface area contributed by atoms with Crippen molar-refractivity contribution in [2.75, 3.05) is 13.1 Å². The highest BCUT2D eigenvalue weighted by atomic mass is 16.1. The van der Waals surface area contributed by atoms with Gasteiger partial charge in [0.2, 0.25) is 0 Å². The SMILES string of the molecule is CCCCCCCCCC1=C(C)C(N2CCCC2)CC1=O. The van der Waals surface area contributed by atoms with Crippen LogP contribution in [0.4, 0.5) is 0 Å². The predicted molar refractivity (Wildman–Crippen MR) is 89.5 cm³/mol. The molecule has 1 aliphatic carbocycles. The fourth-order valence-electron chi connectivity index (χ4n) is 3.92. The van der Waals surface area contributed by atoms with Crippen molar-refractivity contribution < 1.29 is 4.79 Å². The molecule has 1 heterocycles. The number of Topliss-reactive ketones (excluding diaryl/α,β-unsaturated/α-hetero) is 1. The lowest BCUT2D eigenvalue weighted by Gasteiger charge is -2.24. The zero-order valence-electron chi connectivity index (χ0n) is 14.1. The molecule has 1 fully saturated rings. The molecule has 0 aromatic rings. The normalized spacial score (nSPS) is 23.5. The van der Waals surface area contributed by atoms with E-state index in [-0.39, 0.29) is 0 Å². The summed E-state index contributed by atoms with van der Waals surface area (Å²) in [7, 11) is 0. The lowest BCUT2D eigenvalue weighted by molar-refractivity contribution is -0.115. The van der Waals surface area contributed by atoms with Gasteiger partial charge in [-0.25, -0.2) is 0 Å². The monoisotopic (exact) mass is 291 g/mol. The molecule has 21 heavy (non-hydrogen) atoms. The summed E-state index contributed by atoms with van der Waals surface area (Å²) in [6.07, 6.45) is 13.7. The van der Waals surface area contributed by atoms with Crippen LogP contribution >= 0.6 is 0 Å². The fourth-order valence-corrected chi connectivity index (χ4v) is 3.92. The Morgan fingerprint density at radius 3 is 2.29 bits per heavy atom. The van der Waals surface area contributed by atoms with Gasteiger partial charge in [-0.1, -0.05) is 45.4 Å². The van der Waals surface area contributed by atoms with Gasteiger partial charge in [-0.05, 0) is 56.8 Å². The molecule has 0 aromatic heterocycles. The van der Waals surface area contributed by atoms with Crippen molar-refractivity contribution in [2.45, 2.75) is 90.5 Å². The van der Waals surface area contributed by atoms with Crippen LogP contribution in [0.1, 0.15) is 84.5 Å². The van der Waals surface area contributed by atoms with Gasteiger partial charge in [0.25, 0.3) is 0 Å². The first kappa shape index (κ1) is 16.7. The largest absolute Gasteiger partial charge is 0.296 e. The van der Waals surface area contributed by atoms with Crippen LogP contribution in [0.15, 0.2) is 11.1 Å². The number of hydrogen-bond acceptors (Lipinski definition) is 2. The minimum absolute atomic E-state index is 0.440. The minimum Gasteiger partial charge on any atom is -0.296 e. The highest BCUT2D eigenvalue weighted by Gasteiger charge is 2.33. The molecule has 2 nitrogen and oxygen atoms in total. The van der Waals surface area contributed by atoms with Crippen LogP contribution in [-0.2, 0) is 4.79 Å². The molecule has 0 radical (unpaired) electrons. The maximum absolute atomic E-state index is 12.3. The molecular formula is C19H33NO. The zero-order chi connectivity index (χ0) is 15.1. The van der Waals surface area contributed by atoms with Crippen molar-refractivity contribution >= 4 is 5.78 Å². The third-order valence-electron chi connectivity index (χ3n) is 5.30. The smallest absolute Gasteiger partial charge is 0.160 e. The molecule has 0 amide bonds. The summed E-state index contributed by atoms with van der Waals surface area (Å²) in [6, 6.07) is 0.444. The second-order valence-electron chi connectivity index (χ2n) is 6.92. The number of carbonyl (C=O) groups is 1. The molecule has 120 valence electrons. The lowest BCUT2D eigenvalue weighted by atomic mass is 10.0. The van der Waals surface area contributed by atoms with Crippen molar-refractivity contribution in [3.63, 3.8) is 0 Å². The van der Waals surface area contributed by atoms with E-state index < -0.39 is 0 Å². The zero-order valence-corrected chi connectivity index (χ0v) is 14.1. The van der Waals surface area contributed by atoms with Gasteiger partial charge in [-0.3, -0.25) is 9.69 Å².